The molecule has 2 amide bonds. The Hall–Kier alpha value is -1.26. The molecule has 146 valence electrons. The van der Waals surface area contributed by atoms with E-state index < -0.39 is 0 Å². The van der Waals surface area contributed by atoms with Crippen LogP contribution in [0.2, 0.25) is 0 Å². The summed E-state index contributed by atoms with van der Waals surface area (Å²) in [6.07, 6.45) is 4.43. The van der Waals surface area contributed by atoms with Gasteiger partial charge in [0.2, 0.25) is 11.8 Å². The van der Waals surface area contributed by atoms with Crippen LogP contribution in [0, 0.1) is 0 Å². The van der Waals surface area contributed by atoms with Gasteiger partial charge in [-0.05, 0) is 32.2 Å². The van der Waals surface area contributed by atoms with E-state index in [1.165, 1.54) is 7.11 Å². The smallest absolute Gasteiger partial charge is 0.239 e. The minimum atomic E-state index is -0.379. The van der Waals surface area contributed by atoms with Crippen molar-refractivity contribution in [3.8, 4) is 0 Å². The molecular weight excluding hydrogens is 312 g/mol. The summed E-state index contributed by atoms with van der Waals surface area (Å²) >= 11 is 0. The summed E-state index contributed by atoms with van der Waals surface area (Å²) in [7, 11) is 1.48. The van der Waals surface area contributed by atoms with Gasteiger partial charge in [-0.3, -0.25) is 9.59 Å². The van der Waals surface area contributed by atoms with Crippen molar-refractivity contribution in [2.75, 3.05) is 33.3 Å². The number of nitrogens with two attached hydrogens (primary N) is 2. The molecule has 9 heteroatoms. The monoisotopic (exact) mass is 350 g/mol. The van der Waals surface area contributed by atoms with Crippen LogP contribution in [0.1, 0.15) is 46.0 Å². The Bertz CT molecular complexity index is 305. The summed E-state index contributed by atoms with van der Waals surface area (Å²) in [5, 5.41) is 5.58. The molecule has 0 radical (unpaired) electrons. The van der Waals surface area contributed by atoms with Crippen molar-refractivity contribution >= 4 is 11.8 Å². The van der Waals surface area contributed by atoms with Gasteiger partial charge in [-0.2, -0.15) is 5.48 Å². The zero-order valence-corrected chi connectivity index (χ0v) is 14.2. The predicted molar refractivity (Wildman–Crippen MR) is 97.5 cm³/mol. The second-order valence-electron chi connectivity index (χ2n) is 5.05. The van der Waals surface area contributed by atoms with Crippen LogP contribution in [0.15, 0.2) is 0 Å². The Kier molecular flexibility index (Phi) is 22.7. The molecular formula is C15H38N6O3. The Balaban J connectivity index is -0.00000220. The quantitative estimate of drug-likeness (QED) is 0.186. The number of hydrogen-bond donors (Lipinski definition) is 6. The molecule has 0 spiro atoms. The van der Waals surface area contributed by atoms with E-state index in [2.05, 4.69) is 16.1 Å². The first-order chi connectivity index (χ1) is 10.7. The van der Waals surface area contributed by atoms with Crippen LogP contribution in [0.5, 0.6) is 0 Å². The Morgan fingerprint density at radius 2 is 1.71 bits per heavy atom. The molecule has 0 saturated heterocycles. The van der Waals surface area contributed by atoms with Crippen LogP contribution < -0.4 is 33.7 Å². The average Bonchev–Trinajstić information content (AvgIpc) is 2.52. The molecule has 0 saturated carbocycles. The predicted octanol–water partition coefficient (Wildman–Crippen LogP) is -0.205. The molecule has 0 aliphatic rings. The first-order valence-electron chi connectivity index (χ1n) is 7.88. The number of rotatable bonds is 14. The highest BCUT2D eigenvalue weighted by atomic mass is 16.6. The largest absolute Gasteiger partial charge is 0.355 e. The molecule has 1 atom stereocenters. The summed E-state index contributed by atoms with van der Waals surface area (Å²) in [4.78, 5) is 28.1. The second-order valence-corrected chi connectivity index (χ2v) is 5.05. The maximum absolute atomic E-state index is 11.9. The number of hydroxylamine groups is 1. The van der Waals surface area contributed by atoms with Crippen LogP contribution in [0.3, 0.4) is 0 Å². The molecule has 0 heterocycles. The summed E-state index contributed by atoms with van der Waals surface area (Å²) in [5.74, 6) is -0.0587. The molecule has 0 bridgehead atoms. The van der Waals surface area contributed by atoms with Gasteiger partial charge in [0, 0.05) is 26.1 Å². The lowest BCUT2D eigenvalue weighted by Crippen LogP contribution is -2.44. The highest BCUT2D eigenvalue weighted by molar-refractivity contribution is 5.81. The number of carbonyl (C=O) groups excluding carboxylic acids is 2. The van der Waals surface area contributed by atoms with Crippen molar-refractivity contribution in [2.24, 2.45) is 11.5 Å². The molecule has 0 aliphatic carbocycles. The first kappa shape index (κ1) is 27.6. The van der Waals surface area contributed by atoms with E-state index in [1.807, 2.05) is 0 Å². The number of nitrogens with one attached hydrogen (secondary N) is 3. The van der Waals surface area contributed by atoms with E-state index in [0.717, 1.165) is 25.7 Å². The van der Waals surface area contributed by atoms with Crippen molar-refractivity contribution in [2.45, 2.75) is 52.0 Å². The van der Waals surface area contributed by atoms with Gasteiger partial charge in [-0.15, -0.1) is 0 Å². The fourth-order valence-corrected chi connectivity index (χ4v) is 1.93. The topological polar surface area (TPSA) is 166 Å². The Morgan fingerprint density at radius 1 is 1.00 bits per heavy atom. The molecule has 0 aromatic carbocycles. The van der Waals surface area contributed by atoms with Gasteiger partial charge in [0.15, 0.2) is 0 Å². The fraction of sp³-hybridized carbons (Fsp3) is 0.867. The van der Waals surface area contributed by atoms with Gasteiger partial charge in [0.25, 0.3) is 0 Å². The standard InChI is InChI=1S/C14H31N5O3.CH4.H3N/c1-22-19-12(6-5-8-15)14(21)18-10-4-2-3-7-13(20)17-11-9-16;;/h12,19H,2-11,15-16H2,1H3,(H,17,20)(H,18,21);1H4;1H3. The van der Waals surface area contributed by atoms with E-state index in [4.69, 9.17) is 16.3 Å². The van der Waals surface area contributed by atoms with Gasteiger partial charge in [0.05, 0.1) is 7.11 Å². The minimum Gasteiger partial charge on any atom is -0.355 e. The lowest BCUT2D eigenvalue weighted by Gasteiger charge is -2.16. The highest BCUT2D eigenvalue weighted by Gasteiger charge is 2.16. The molecule has 0 aromatic heterocycles. The van der Waals surface area contributed by atoms with Gasteiger partial charge in [-0.1, -0.05) is 13.8 Å². The fourth-order valence-electron chi connectivity index (χ4n) is 1.93. The third kappa shape index (κ3) is 15.6. The number of carbonyl (C=O) groups is 2. The van der Waals surface area contributed by atoms with Crippen molar-refractivity contribution < 1.29 is 14.4 Å². The summed E-state index contributed by atoms with van der Waals surface area (Å²) in [6, 6.07) is -0.379. The molecule has 9 nitrogen and oxygen atoms in total. The van der Waals surface area contributed by atoms with E-state index >= 15 is 0 Å². The van der Waals surface area contributed by atoms with Crippen LogP contribution in [-0.2, 0) is 14.4 Å². The Morgan fingerprint density at radius 3 is 2.29 bits per heavy atom. The SMILES string of the molecule is C.CONC(CCCN)C(=O)NCCCCCC(=O)NCCN.N. The Labute approximate surface area is 146 Å². The van der Waals surface area contributed by atoms with E-state index in [-0.39, 0.29) is 31.4 Å². The maximum Gasteiger partial charge on any atom is 0.239 e. The molecule has 24 heavy (non-hydrogen) atoms. The second kappa shape index (κ2) is 19.8. The lowest BCUT2D eigenvalue weighted by molar-refractivity contribution is -0.127. The van der Waals surface area contributed by atoms with Crippen LogP contribution >= 0.6 is 0 Å². The van der Waals surface area contributed by atoms with Gasteiger partial charge in [0.1, 0.15) is 6.04 Å². The van der Waals surface area contributed by atoms with Crippen LogP contribution in [0.25, 0.3) is 0 Å². The summed E-state index contributed by atoms with van der Waals surface area (Å²) < 4.78 is 0. The van der Waals surface area contributed by atoms with Gasteiger partial charge in [-0.25, -0.2) is 0 Å². The van der Waals surface area contributed by atoms with E-state index in [1.54, 1.807) is 0 Å². The van der Waals surface area contributed by atoms with E-state index in [9.17, 15) is 9.59 Å². The number of unbranched alkanes of at least 4 members (excludes halogenated alkanes) is 2. The summed E-state index contributed by atoms with van der Waals surface area (Å²) in [5.41, 5.74) is 13.4. The third-order valence-electron chi connectivity index (χ3n) is 3.12. The van der Waals surface area contributed by atoms with Gasteiger partial charge < -0.3 is 33.1 Å². The first-order valence-corrected chi connectivity index (χ1v) is 7.88. The lowest BCUT2D eigenvalue weighted by atomic mass is 10.1. The van der Waals surface area contributed by atoms with Crippen molar-refractivity contribution in [3.05, 3.63) is 0 Å². The van der Waals surface area contributed by atoms with Crippen molar-refractivity contribution in [1.82, 2.24) is 22.3 Å². The third-order valence-corrected chi connectivity index (χ3v) is 3.12. The zero-order valence-electron chi connectivity index (χ0n) is 14.2. The summed E-state index contributed by atoms with van der Waals surface area (Å²) in [6.45, 7) is 2.11. The zero-order chi connectivity index (χ0) is 16.6. The average molecular weight is 351 g/mol. The molecule has 10 N–H and O–H groups in total. The van der Waals surface area contributed by atoms with Crippen molar-refractivity contribution in [3.63, 3.8) is 0 Å². The van der Waals surface area contributed by atoms with Crippen LogP contribution in [-0.4, -0.2) is 51.1 Å². The number of hydrogen-bond acceptors (Lipinski definition) is 7. The normalized spacial score (nSPS) is 11.0. The molecule has 0 fully saturated rings. The van der Waals surface area contributed by atoms with Gasteiger partial charge >= 0.3 is 0 Å². The molecule has 0 rings (SSSR count). The molecule has 0 aliphatic heterocycles. The van der Waals surface area contributed by atoms with Crippen LogP contribution in [0.4, 0.5) is 0 Å². The highest BCUT2D eigenvalue weighted by Crippen LogP contribution is 2.00. The molecule has 0 aromatic rings. The molecule has 1 unspecified atom stereocenters. The maximum atomic E-state index is 11.9. The van der Waals surface area contributed by atoms with Crippen molar-refractivity contribution in [1.29, 1.82) is 0 Å². The van der Waals surface area contributed by atoms with E-state index in [0.29, 0.717) is 39.0 Å². The minimum absolute atomic E-state index is 0. The number of amides is 2.